The Morgan fingerprint density at radius 3 is 2.68 bits per heavy atom. The minimum Gasteiger partial charge on any atom is -0.488 e. The van der Waals surface area contributed by atoms with Crippen LogP contribution in [0, 0.1) is 0 Å². The van der Waals surface area contributed by atoms with E-state index >= 15 is 0 Å². The Morgan fingerprint density at radius 2 is 2.05 bits per heavy atom. The molecule has 0 saturated heterocycles. The maximum atomic E-state index is 12.4. The molecule has 0 atom stereocenters. The lowest BCUT2D eigenvalue weighted by Crippen LogP contribution is -2.07. The monoisotopic (exact) mass is 338 g/mol. The highest BCUT2D eigenvalue weighted by atomic mass is 32.1. The lowest BCUT2D eigenvalue weighted by atomic mass is 10.2. The molecule has 0 radical (unpaired) electrons. The first-order valence-electron chi connectivity index (χ1n) is 6.11. The van der Waals surface area contributed by atoms with Crippen molar-refractivity contribution in [3.63, 3.8) is 0 Å². The summed E-state index contributed by atoms with van der Waals surface area (Å²) in [6.07, 6.45) is -6.23. The molecule has 0 aliphatic heterocycles. The molecule has 0 aliphatic carbocycles. The summed E-state index contributed by atoms with van der Waals surface area (Å²) >= 11 is 0.500. The predicted molar refractivity (Wildman–Crippen MR) is 72.4 cm³/mol. The average Bonchev–Trinajstić information content (AvgIpc) is 2.92. The summed E-state index contributed by atoms with van der Waals surface area (Å²) < 4.78 is 66.3. The minimum atomic E-state index is -4.42. The van der Waals surface area contributed by atoms with Crippen molar-refractivity contribution < 1.29 is 26.7 Å². The third-order valence-electron chi connectivity index (χ3n) is 2.50. The SMILES string of the molecule is FC(F)COc1cccc(CNc2ncc(C(F)(F)F)s2)c1. The fourth-order valence-corrected chi connectivity index (χ4v) is 2.25. The van der Waals surface area contributed by atoms with Crippen molar-refractivity contribution >= 4 is 16.5 Å². The molecule has 1 heterocycles. The number of nitrogens with one attached hydrogen (secondary N) is 1. The van der Waals surface area contributed by atoms with Crippen molar-refractivity contribution in [2.24, 2.45) is 0 Å². The van der Waals surface area contributed by atoms with Gasteiger partial charge >= 0.3 is 6.18 Å². The Kier molecular flexibility index (Phi) is 5.17. The highest BCUT2D eigenvalue weighted by Crippen LogP contribution is 2.35. The van der Waals surface area contributed by atoms with E-state index < -0.39 is 24.1 Å². The molecule has 1 aromatic carbocycles. The van der Waals surface area contributed by atoms with E-state index in [-0.39, 0.29) is 17.4 Å². The number of ether oxygens (including phenoxy) is 1. The molecule has 1 aromatic heterocycles. The minimum absolute atomic E-state index is 0.131. The van der Waals surface area contributed by atoms with E-state index in [9.17, 15) is 22.0 Å². The lowest BCUT2D eigenvalue weighted by molar-refractivity contribution is -0.134. The van der Waals surface area contributed by atoms with Crippen molar-refractivity contribution in [3.8, 4) is 5.75 Å². The van der Waals surface area contributed by atoms with Crippen molar-refractivity contribution in [2.75, 3.05) is 11.9 Å². The number of nitrogens with zero attached hydrogens (tertiary/aromatic N) is 1. The van der Waals surface area contributed by atoms with Gasteiger partial charge in [0.1, 0.15) is 17.2 Å². The summed E-state index contributed by atoms with van der Waals surface area (Å²) in [5.41, 5.74) is 0.676. The molecule has 2 rings (SSSR count). The maximum absolute atomic E-state index is 12.4. The Balaban J connectivity index is 1.94. The summed E-state index contributed by atoms with van der Waals surface area (Å²) in [5, 5.41) is 2.88. The van der Waals surface area contributed by atoms with Gasteiger partial charge in [-0.05, 0) is 17.7 Å². The zero-order valence-electron chi connectivity index (χ0n) is 11.0. The molecule has 2 aromatic rings. The largest absolute Gasteiger partial charge is 0.488 e. The van der Waals surface area contributed by atoms with Crippen LogP contribution in [-0.4, -0.2) is 18.0 Å². The molecule has 0 amide bonds. The predicted octanol–water partition coefficient (Wildman–Crippen LogP) is 4.42. The van der Waals surface area contributed by atoms with E-state index in [1.807, 2.05) is 0 Å². The van der Waals surface area contributed by atoms with Crippen LogP contribution in [-0.2, 0) is 12.7 Å². The van der Waals surface area contributed by atoms with Gasteiger partial charge in [-0.1, -0.05) is 23.5 Å². The van der Waals surface area contributed by atoms with Crippen LogP contribution in [0.4, 0.5) is 27.1 Å². The van der Waals surface area contributed by atoms with Crippen LogP contribution in [0.15, 0.2) is 30.5 Å². The van der Waals surface area contributed by atoms with Gasteiger partial charge in [-0.25, -0.2) is 13.8 Å². The van der Waals surface area contributed by atoms with E-state index in [0.29, 0.717) is 16.9 Å². The smallest absolute Gasteiger partial charge is 0.427 e. The van der Waals surface area contributed by atoms with Crippen LogP contribution in [0.5, 0.6) is 5.75 Å². The third kappa shape index (κ3) is 4.83. The molecule has 0 saturated carbocycles. The van der Waals surface area contributed by atoms with Crippen LogP contribution in [0.1, 0.15) is 10.4 Å². The number of halogens is 5. The number of alkyl halides is 5. The number of hydrogen-bond donors (Lipinski definition) is 1. The second-order valence-electron chi connectivity index (χ2n) is 4.23. The molecule has 9 heteroatoms. The molecule has 120 valence electrons. The van der Waals surface area contributed by atoms with Crippen molar-refractivity contribution in [1.29, 1.82) is 0 Å². The molecule has 0 bridgehead atoms. The van der Waals surface area contributed by atoms with E-state index in [1.165, 1.54) is 12.1 Å². The van der Waals surface area contributed by atoms with Crippen LogP contribution in [0.2, 0.25) is 0 Å². The van der Waals surface area contributed by atoms with E-state index in [2.05, 4.69) is 10.3 Å². The molecule has 0 fully saturated rings. The lowest BCUT2D eigenvalue weighted by Gasteiger charge is -2.08. The Morgan fingerprint density at radius 1 is 1.27 bits per heavy atom. The number of hydrogen-bond acceptors (Lipinski definition) is 4. The second-order valence-corrected chi connectivity index (χ2v) is 5.26. The molecule has 0 spiro atoms. The quantitative estimate of drug-likeness (QED) is 0.792. The first-order valence-corrected chi connectivity index (χ1v) is 6.93. The molecule has 0 aliphatic rings. The van der Waals surface area contributed by atoms with Gasteiger partial charge in [0.05, 0.1) is 6.20 Å². The van der Waals surface area contributed by atoms with E-state index in [4.69, 9.17) is 4.74 Å². The van der Waals surface area contributed by atoms with Crippen LogP contribution < -0.4 is 10.1 Å². The fraction of sp³-hybridized carbons (Fsp3) is 0.308. The van der Waals surface area contributed by atoms with Gasteiger partial charge in [0.25, 0.3) is 6.43 Å². The zero-order chi connectivity index (χ0) is 16.2. The Hall–Kier alpha value is -1.90. The summed E-state index contributed by atoms with van der Waals surface area (Å²) in [6.45, 7) is -0.505. The zero-order valence-corrected chi connectivity index (χ0v) is 11.8. The van der Waals surface area contributed by atoms with Gasteiger partial charge in [-0.15, -0.1) is 0 Å². The van der Waals surface area contributed by atoms with Gasteiger partial charge in [0.2, 0.25) is 0 Å². The van der Waals surface area contributed by atoms with Crippen molar-refractivity contribution in [3.05, 3.63) is 40.9 Å². The van der Waals surface area contributed by atoms with Crippen LogP contribution in [0.3, 0.4) is 0 Å². The Labute approximate surface area is 126 Å². The standard InChI is InChI=1S/C13H11F5N2OS/c14-11(15)7-21-9-3-1-2-8(4-9)5-19-12-20-6-10(22-12)13(16,17)18/h1-4,6,11H,5,7H2,(H,19,20). The number of benzene rings is 1. The topological polar surface area (TPSA) is 34.1 Å². The summed E-state index contributed by atoms with van der Waals surface area (Å²) in [5.74, 6) is 0.273. The van der Waals surface area contributed by atoms with Gasteiger partial charge < -0.3 is 10.1 Å². The van der Waals surface area contributed by atoms with E-state index in [1.54, 1.807) is 12.1 Å². The summed E-state index contributed by atoms with van der Waals surface area (Å²) in [4.78, 5) is 2.85. The molecule has 3 nitrogen and oxygen atoms in total. The molecular formula is C13H11F5N2OS. The first kappa shape index (κ1) is 16.5. The number of thiazole rings is 1. The van der Waals surface area contributed by atoms with Crippen molar-refractivity contribution in [1.82, 2.24) is 4.98 Å². The summed E-state index contributed by atoms with van der Waals surface area (Å²) in [7, 11) is 0. The first-order chi connectivity index (χ1) is 10.3. The molecule has 22 heavy (non-hydrogen) atoms. The maximum Gasteiger partial charge on any atom is 0.427 e. The fourth-order valence-electron chi connectivity index (χ4n) is 1.57. The number of anilines is 1. The number of rotatable bonds is 6. The molecule has 1 N–H and O–H groups in total. The highest BCUT2D eigenvalue weighted by molar-refractivity contribution is 7.15. The average molecular weight is 338 g/mol. The van der Waals surface area contributed by atoms with Crippen LogP contribution in [0.25, 0.3) is 0 Å². The number of aromatic nitrogens is 1. The normalized spacial score (nSPS) is 11.7. The molecule has 0 unspecified atom stereocenters. The van der Waals surface area contributed by atoms with Gasteiger partial charge in [0.15, 0.2) is 5.13 Å². The highest BCUT2D eigenvalue weighted by Gasteiger charge is 2.33. The van der Waals surface area contributed by atoms with Gasteiger partial charge in [0, 0.05) is 6.54 Å². The Bertz CT molecular complexity index is 614. The third-order valence-corrected chi connectivity index (χ3v) is 3.50. The van der Waals surface area contributed by atoms with Gasteiger partial charge in [-0.2, -0.15) is 13.2 Å². The van der Waals surface area contributed by atoms with Crippen LogP contribution >= 0.6 is 11.3 Å². The van der Waals surface area contributed by atoms with E-state index in [0.717, 1.165) is 6.20 Å². The van der Waals surface area contributed by atoms with Gasteiger partial charge in [-0.3, -0.25) is 0 Å². The molecular weight excluding hydrogens is 327 g/mol. The summed E-state index contributed by atoms with van der Waals surface area (Å²) in [6, 6.07) is 6.37. The second kappa shape index (κ2) is 6.91. The van der Waals surface area contributed by atoms with Crippen molar-refractivity contribution in [2.45, 2.75) is 19.1 Å².